The quantitative estimate of drug-likeness (QED) is 0.908. The monoisotopic (exact) mass is 292 g/mol. The smallest absolute Gasteiger partial charge is 0.137 e. The van der Waals surface area contributed by atoms with E-state index in [9.17, 15) is 0 Å². The molecular weight excluding hydrogens is 260 g/mol. The van der Waals surface area contributed by atoms with E-state index in [1.54, 1.807) is 6.33 Å². The zero-order valence-corrected chi connectivity index (χ0v) is 13.6. The lowest BCUT2D eigenvalue weighted by Crippen LogP contribution is -2.38. The fraction of sp³-hybridized carbons (Fsp3) is 0.882. The van der Waals surface area contributed by atoms with Crippen molar-refractivity contribution in [1.29, 1.82) is 0 Å². The average molecular weight is 292 g/mol. The number of hydrogen-bond donors (Lipinski definition) is 1. The molecule has 2 atom stereocenters. The van der Waals surface area contributed by atoms with Gasteiger partial charge in [-0.3, -0.25) is 0 Å². The second-order valence-electron chi connectivity index (χ2n) is 6.41. The first-order valence-corrected chi connectivity index (χ1v) is 8.99. The van der Waals surface area contributed by atoms with Gasteiger partial charge in [0.25, 0.3) is 0 Å². The SMILES string of the molecule is CCCNC1CCCCCCCCCCC1n1cncn1. The predicted molar refractivity (Wildman–Crippen MR) is 87.3 cm³/mol. The molecule has 0 aromatic carbocycles. The van der Waals surface area contributed by atoms with Crippen molar-refractivity contribution in [1.82, 2.24) is 20.1 Å². The van der Waals surface area contributed by atoms with Gasteiger partial charge in [0.1, 0.15) is 12.7 Å². The molecule has 2 rings (SSSR count). The third kappa shape index (κ3) is 5.77. The van der Waals surface area contributed by atoms with Crippen LogP contribution in [0, 0.1) is 0 Å². The molecule has 0 spiro atoms. The Morgan fingerprint density at radius 2 is 1.67 bits per heavy atom. The minimum absolute atomic E-state index is 0.471. The van der Waals surface area contributed by atoms with E-state index in [1.165, 1.54) is 70.6 Å². The molecule has 1 aliphatic carbocycles. The summed E-state index contributed by atoms with van der Waals surface area (Å²) in [6.45, 7) is 3.35. The van der Waals surface area contributed by atoms with Crippen molar-refractivity contribution in [2.45, 2.75) is 89.6 Å². The Morgan fingerprint density at radius 1 is 1.00 bits per heavy atom. The number of nitrogens with one attached hydrogen (secondary N) is 1. The zero-order valence-electron chi connectivity index (χ0n) is 13.6. The number of aromatic nitrogens is 3. The summed E-state index contributed by atoms with van der Waals surface area (Å²) in [6, 6.07) is 1.02. The summed E-state index contributed by atoms with van der Waals surface area (Å²) in [6.07, 6.45) is 18.3. The highest BCUT2D eigenvalue weighted by atomic mass is 15.3. The third-order valence-electron chi connectivity index (χ3n) is 4.66. The summed E-state index contributed by atoms with van der Waals surface area (Å²) in [5.74, 6) is 0. The van der Waals surface area contributed by atoms with Crippen LogP contribution >= 0.6 is 0 Å². The Hall–Kier alpha value is -0.900. The van der Waals surface area contributed by atoms with Crippen molar-refractivity contribution < 1.29 is 0 Å². The highest BCUT2D eigenvalue weighted by Gasteiger charge is 2.22. The molecule has 1 aromatic heterocycles. The molecule has 1 saturated carbocycles. The summed E-state index contributed by atoms with van der Waals surface area (Å²) in [7, 11) is 0. The van der Waals surface area contributed by atoms with Crippen LogP contribution in [-0.2, 0) is 0 Å². The molecule has 21 heavy (non-hydrogen) atoms. The molecule has 1 aromatic rings. The molecule has 0 bridgehead atoms. The van der Waals surface area contributed by atoms with E-state index in [2.05, 4.69) is 27.0 Å². The maximum atomic E-state index is 4.43. The summed E-state index contributed by atoms with van der Waals surface area (Å²) in [5.41, 5.74) is 0. The molecule has 4 heteroatoms. The fourth-order valence-corrected chi connectivity index (χ4v) is 3.45. The van der Waals surface area contributed by atoms with Crippen LogP contribution in [0.25, 0.3) is 0 Å². The summed E-state index contributed by atoms with van der Waals surface area (Å²) in [4.78, 5) is 4.17. The Balaban J connectivity index is 2.02. The van der Waals surface area contributed by atoms with Crippen LogP contribution in [0.4, 0.5) is 0 Å². The van der Waals surface area contributed by atoms with Gasteiger partial charge in [0.15, 0.2) is 0 Å². The fourth-order valence-electron chi connectivity index (χ4n) is 3.45. The van der Waals surface area contributed by atoms with Crippen molar-refractivity contribution in [3.05, 3.63) is 12.7 Å². The van der Waals surface area contributed by atoms with Gasteiger partial charge in [0, 0.05) is 6.04 Å². The normalized spacial score (nSPS) is 26.0. The van der Waals surface area contributed by atoms with Crippen LogP contribution in [0.15, 0.2) is 12.7 Å². The Kier molecular flexibility index (Phi) is 7.79. The third-order valence-corrected chi connectivity index (χ3v) is 4.66. The first-order valence-electron chi connectivity index (χ1n) is 8.99. The molecule has 120 valence electrons. The first-order chi connectivity index (χ1) is 10.4. The predicted octanol–water partition coefficient (Wildman–Crippen LogP) is 4.10. The van der Waals surface area contributed by atoms with E-state index in [1.807, 2.05) is 6.33 Å². The highest BCUT2D eigenvalue weighted by Crippen LogP contribution is 2.24. The van der Waals surface area contributed by atoms with Crippen LogP contribution in [0.5, 0.6) is 0 Å². The van der Waals surface area contributed by atoms with Gasteiger partial charge in [-0.25, -0.2) is 9.67 Å². The van der Waals surface area contributed by atoms with Gasteiger partial charge >= 0.3 is 0 Å². The van der Waals surface area contributed by atoms with Gasteiger partial charge in [0.05, 0.1) is 6.04 Å². The van der Waals surface area contributed by atoms with Gasteiger partial charge in [-0.1, -0.05) is 58.3 Å². The Labute approximate surface area is 129 Å². The average Bonchev–Trinajstić information content (AvgIpc) is 3.00. The maximum absolute atomic E-state index is 4.43. The Bertz CT molecular complexity index is 350. The second kappa shape index (κ2) is 9.93. The van der Waals surface area contributed by atoms with Crippen molar-refractivity contribution in [3.8, 4) is 0 Å². The molecule has 4 nitrogen and oxygen atoms in total. The first kappa shape index (κ1) is 16.5. The van der Waals surface area contributed by atoms with Crippen molar-refractivity contribution in [2.75, 3.05) is 6.54 Å². The van der Waals surface area contributed by atoms with Crippen LogP contribution in [0.3, 0.4) is 0 Å². The molecule has 1 N–H and O–H groups in total. The summed E-state index contributed by atoms with van der Waals surface area (Å²) < 4.78 is 2.10. The van der Waals surface area contributed by atoms with Crippen molar-refractivity contribution in [2.24, 2.45) is 0 Å². The van der Waals surface area contributed by atoms with E-state index in [4.69, 9.17) is 0 Å². The Morgan fingerprint density at radius 3 is 2.29 bits per heavy atom. The van der Waals surface area contributed by atoms with Gasteiger partial charge in [-0.15, -0.1) is 0 Å². The summed E-state index contributed by atoms with van der Waals surface area (Å²) in [5, 5.41) is 8.21. The van der Waals surface area contributed by atoms with E-state index in [0.717, 1.165) is 6.54 Å². The minimum Gasteiger partial charge on any atom is -0.312 e. The van der Waals surface area contributed by atoms with Crippen LogP contribution in [0.2, 0.25) is 0 Å². The van der Waals surface area contributed by atoms with Gasteiger partial charge in [0.2, 0.25) is 0 Å². The number of nitrogens with zero attached hydrogens (tertiary/aromatic N) is 3. The molecule has 1 fully saturated rings. The molecule has 0 saturated heterocycles. The van der Waals surface area contributed by atoms with E-state index < -0.39 is 0 Å². The lowest BCUT2D eigenvalue weighted by molar-refractivity contribution is 0.278. The minimum atomic E-state index is 0.471. The van der Waals surface area contributed by atoms with Gasteiger partial charge < -0.3 is 5.32 Å². The van der Waals surface area contributed by atoms with Gasteiger partial charge in [-0.2, -0.15) is 5.10 Å². The largest absolute Gasteiger partial charge is 0.312 e. The van der Waals surface area contributed by atoms with E-state index >= 15 is 0 Å². The van der Waals surface area contributed by atoms with Crippen molar-refractivity contribution in [3.63, 3.8) is 0 Å². The van der Waals surface area contributed by atoms with Crippen LogP contribution < -0.4 is 5.32 Å². The standard InChI is InChI=1S/C17H32N4/c1-2-13-19-16-11-9-7-5-3-4-6-8-10-12-17(16)21-15-18-14-20-21/h14-17,19H,2-13H2,1H3. The molecule has 0 aliphatic heterocycles. The van der Waals surface area contributed by atoms with Crippen LogP contribution in [0.1, 0.15) is 83.6 Å². The number of rotatable bonds is 4. The van der Waals surface area contributed by atoms with Gasteiger partial charge in [-0.05, 0) is 25.8 Å². The lowest BCUT2D eigenvalue weighted by atomic mass is 9.94. The summed E-state index contributed by atoms with van der Waals surface area (Å²) >= 11 is 0. The molecule has 1 aliphatic rings. The van der Waals surface area contributed by atoms with E-state index in [-0.39, 0.29) is 0 Å². The topological polar surface area (TPSA) is 42.7 Å². The molecule has 0 radical (unpaired) electrons. The maximum Gasteiger partial charge on any atom is 0.137 e. The molecule has 2 unspecified atom stereocenters. The van der Waals surface area contributed by atoms with Crippen molar-refractivity contribution >= 4 is 0 Å². The van der Waals surface area contributed by atoms with E-state index in [0.29, 0.717) is 12.1 Å². The molecule has 1 heterocycles. The van der Waals surface area contributed by atoms with Crippen LogP contribution in [-0.4, -0.2) is 27.4 Å². The zero-order chi connectivity index (χ0) is 14.8. The highest BCUT2D eigenvalue weighted by molar-refractivity contribution is 4.82. The lowest BCUT2D eigenvalue weighted by Gasteiger charge is -2.29. The second-order valence-corrected chi connectivity index (χ2v) is 6.41. The molecule has 0 amide bonds. The number of hydrogen-bond acceptors (Lipinski definition) is 3. The molecular formula is C17H32N4.